The van der Waals surface area contributed by atoms with Crippen molar-refractivity contribution in [2.24, 2.45) is 11.8 Å². The van der Waals surface area contributed by atoms with E-state index in [1.807, 2.05) is 0 Å². The fraction of sp³-hybridized carbons (Fsp3) is 1.00. The SMILES string of the molecule is CCC(C)CO[Si](C)(C)O[Si](C)(C)OCCC(C)C. The third-order valence-corrected chi connectivity index (χ3v) is 8.74. The van der Waals surface area contributed by atoms with E-state index in [9.17, 15) is 0 Å². The van der Waals surface area contributed by atoms with Crippen molar-refractivity contribution in [3.63, 3.8) is 0 Å². The van der Waals surface area contributed by atoms with Crippen LogP contribution in [0.5, 0.6) is 0 Å². The highest BCUT2D eigenvalue weighted by Crippen LogP contribution is 2.19. The summed E-state index contributed by atoms with van der Waals surface area (Å²) >= 11 is 0. The molecule has 0 aliphatic heterocycles. The maximum atomic E-state index is 6.24. The highest BCUT2D eigenvalue weighted by molar-refractivity contribution is 6.78. The number of hydrogen-bond acceptors (Lipinski definition) is 3. The van der Waals surface area contributed by atoms with Crippen LogP contribution in [0.3, 0.4) is 0 Å². The van der Waals surface area contributed by atoms with Crippen molar-refractivity contribution >= 4 is 17.1 Å². The number of hydrogen-bond donors (Lipinski definition) is 0. The van der Waals surface area contributed by atoms with Crippen molar-refractivity contribution in [1.82, 2.24) is 0 Å². The Kier molecular flexibility index (Phi) is 8.71. The lowest BCUT2D eigenvalue weighted by molar-refractivity contribution is 0.171. The normalized spacial score (nSPS) is 15.0. The predicted molar refractivity (Wildman–Crippen MR) is 86.9 cm³/mol. The van der Waals surface area contributed by atoms with Crippen molar-refractivity contribution in [2.45, 2.75) is 66.7 Å². The first-order valence-corrected chi connectivity index (χ1v) is 13.2. The minimum absolute atomic E-state index is 0.599. The molecular weight excluding hydrogens is 272 g/mol. The molecule has 0 bridgehead atoms. The molecule has 5 heteroatoms. The lowest BCUT2D eigenvalue weighted by Gasteiger charge is -2.33. The lowest BCUT2D eigenvalue weighted by atomic mass is 10.1. The van der Waals surface area contributed by atoms with Crippen LogP contribution in [0.25, 0.3) is 0 Å². The van der Waals surface area contributed by atoms with Crippen molar-refractivity contribution in [2.75, 3.05) is 13.2 Å². The van der Waals surface area contributed by atoms with Gasteiger partial charge < -0.3 is 13.0 Å². The highest BCUT2D eigenvalue weighted by Gasteiger charge is 2.36. The van der Waals surface area contributed by atoms with E-state index in [4.69, 9.17) is 13.0 Å². The molecular formula is C14H34O3Si2. The summed E-state index contributed by atoms with van der Waals surface area (Å²) in [5.41, 5.74) is 0. The van der Waals surface area contributed by atoms with E-state index in [2.05, 4.69) is 53.9 Å². The van der Waals surface area contributed by atoms with Crippen LogP contribution >= 0.6 is 0 Å². The van der Waals surface area contributed by atoms with E-state index in [0.29, 0.717) is 11.8 Å². The molecule has 0 rings (SSSR count). The summed E-state index contributed by atoms with van der Waals surface area (Å²) in [5.74, 6) is 1.28. The van der Waals surface area contributed by atoms with Crippen molar-refractivity contribution < 1.29 is 13.0 Å². The second-order valence-corrected chi connectivity index (χ2v) is 13.8. The predicted octanol–water partition coefficient (Wildman–Crippen LogP) is 4.53. The van der Waals surface area contributed by atoms with Crippen LogP contribution in [0, 0.1) is 11.8 Å². The zero-order chi connectivity index (χ0) is 15.1. The maximum absolute atomic E-state index is 6.24. The monoisotopic (exact) mass is 306 g/mol. The summed E-state index contributed by atoms with van der Waals surface area (Å²) in [4.78, 5) is 0. The van der Waals surface area contributed by atoms with Gasteiger partial charge >= 0.3 is 17.1 Å². The second kappa shape index (κ2) is 8.57. The quantitative estimate of drug-likeness (QED) is 0.555. The number of rotatable bonds is 10. The first kappa shape index (κ1) is 19.3. The molecule has 0 aromatic rings. The minimum atomic E-state index is -2.06. The van der Waals surface area contributed by atoms with Gasteiger partial charge in [-0.15, -0.1) is 0 Å². The first-order valence-electron chi connectivity index (χ1n) is 7.56. The average Bonchev–Trinajstić information content (AvgIpc) is 2.23. The Bertz CT molecular complexity index is 243. The van der Waals surface area contributed by atoms with Crippen LogP contribution in [0.15, 0.2) is 0 Å². The first-order chi connectivity index (χ1) is 8.58. The topological polar surface area (TPSA) is 27.7 Å². The van der Waals surface area contributed by atoms with Crippen molar-refractivity contribution in [3.05, 3.63) is 0 Å². The van der Waals surface area contributed by atoms with E-state index >= 15 is 0 Å². The van der Waals surface area contributed by atoms with Crippen LogP contribution in [-0.2, 0) is 13.0 Å². The Labute approximate surface area is 122 Å². The molecule has 0 radical (unpaired) electrons. The molecule has 0 heterocycles. The Morgan fingerprint density at radius 3 is 1.89 bits per heavy atom. The molecule has 1 unspecified atom stereocenters. The molecule has 0 N–H and O–H groups in total. The van der Waals surface area contributed by atoms with Gasteiger partial charge in [0, 0.05) is 13.2 Å². The summed E-state index contributed by atoms with van der Waals surface area (Å²) in [6, 6.07) is 0. The third kappa shape index (κ3) is 10.7. The summed E-state index contributed by atoms with van der Waals surface area (Å²) < 4.78 is 18.2. The molecule has 0 fully saturated rings. The van der Waals surface area contributed by atoms with E-state index in [-0.39, 0.29) is 0 Å². The van der Waals surface area contributed by atoms with Crippen molar-refractivity contribution in [3.8, 4) is 0 Å². The van der Waals surface area contributed by atoms with Gasteiger partial charge in [-0.1, -0.05) is 34.1 Å². The van der Waals surface area contributed by atoms with Crippen LogP contribution < -0.4 is 0 Å². The summed E-state index contributed by atoms with van der Waals surface area (Å²) in [6.07, 6.45) is 2.24. The Morgan fingerprint density at radius 1 is 0.895 bits per heavy atom. The van der Waals surface area contributed by atoms with Gasteiger partial charge in [-0.3, -0.25) is 0 Å². The summed E-state index contributed by atoms with van der Waals surface area (Å²) in [6.45, 7) is 18.9. The minimum Gasteiger partial charge on any atom is -0.415 e. The molecule has 19 heavy (non-hydrogen) atoms. The van der Waals surface area contributed by atoms with Gasteiger partial charge in [-0.25, -0.2) is 0 Å². The molecule has 0 aromatic heterocycles. The lowest BCUT2D eigenvalue weighted by Crippen LogP contribution is -2.49. The molecule has 0 aromatic carbocycles. The van der Waals surface area contributed by atoms with Gasteiger partial charge in [0.25, 0.3) is 0 Å². The fourth-order valence-electron chi connectivity index (χ4n) is 1.65. The van der Waals surface area contributed by atoms with E-state index in [1.165, 1.54) is 0 Å². The highest BCUT2D eigenvalue weighted by atomic mass is 28.5. The van der Waals surface area contributed by atoms with Crippen LogP contribution in [0.1, 0.15) is 40.5 Å². The molecule has 0 aliphatic carbocycles. The summed E-state index contributed by atoms with van der Waals surface area (Å²) in [5, 5.41) is 0. The Morgan fingerprint density at radius 2 is 1.42 bits per heavy atom. The summed E-state index contributed by atoms with van der Waals surface area (Å²) in [7, 11) is -4.11. The molecule has 0 saturated carbocycles. The van der Waals surface area contributed by atoms with Crippen LogP contribution in [0.2, 0.25) is 26.2 Å². The van der Waals surface area contributed by atoms with Gasteiger partial charge in [-0.05, 0) is 44.4 Å². The standard InChI is InChI=1S/C14H34O3Si2/c1-9-14(4)12-16-19(7,8)17-18(5,6)15-11-10-13(2)3/h13-14H,9-12H2,1-8H3. The smallest absolute Gasteiger partial charge is 0.322 e. The van der Waals surface area contributed by atoms with Gasteiger partial charge in [0.1, 0.15) is 0 Å². The third-order valence-electron chi connectivity index (χ3n) is 3.05. The van der Waals surface area contributed by atoms with Gasteiger partial charge in [0.15, 0.2) is 0 Å². The van der Waals surface area contributed by atoms with Crippen LogP contribution in [0.4, 0.5) is 0 Å². The van der Waals surface area contributed by atoms with E-state index in [0.717, 1.165) is 26.1 Å². The zero-order valence-electron chi connectivity index (χ0n) is 14.2. The second-order valence-electron chi connectivity index (χ2n) is 6.76. The Hall–Kier alpha value is 0.314. The van der Waals surface area contributed by atoms with Crippen molar-refractivity contribution in [1.29, 1.82) is 0 Å². The van der Waals surface area contributed by atoms with Crippen LogP contribution in [-0.4, -0.2) is 30.3 Å². The van der Waals surface area contributed by atoms with E-state index < -0.39 is 17.1 Å². The van der Waals surface area contributed by atoms with Gasteiger partial charge in [0.2, 0.25) is 0 Å². The molecule has 0 aliphatic rings. The Balaban J connectivity index is 4.14. The molecule has 1 atom stereocenters. The average molecular weight is 307 g/mol. The van der Waals surface area contributed by atoms with Gasteiger partial charge in [-0.2, -0.15) is 0 Å². The van der Waals surface area contributed by atoms with Gasteiger partial charge in [0.05, 0.1) is 0 Å². The van der Waals surface area contributed by atoms with E-state index in [1.54, 1.807) is 0 Å². The molecule has 0 amide bonds. The molecule has 3 nitrogen and oxygen atoms in total. The molecule has 0 spiro atoms. The molecule has 0 saturated heterocycles. The maximum Gasteiger partial charge on any atom is 0.322 e. The fourth-order valence-corrected chi connectivity index (χ4v) is 8.15. The molecule has 116 valence electrons. The largest absolute Gasteiger partial charge is 0.415 e. The zero-order valence-corrected chi connectivity index (χ0v) is 16.2.